The molecule has 3 aliphatic heterocycles. The molecule has 1 aromatic carbocycles. The lowest BCUT2D eigenvalue weighted by Gasteiger charge is -2.28. The van der Waals surface area contributed by atoms with Crippen molar-refractivity contribution in [3.05, 3.63) is 29.2 Å². The van der Waals surface area contributed by atoms with Crippen LogP contribution >= 0.6 is 0 Å². The van der Waals surface area contributed by atoms with Crippen molar-refractivity contribution in [1.82, 2.24) is 9.37 Å². The van der Waals surface area contributed by atoms with Gasteiger partial charge in [0.25, 0.3) is 0 Å². The van der Waals surface area contributed by atoms with Gasteiger partial charge in [0.1, 0.15) is 11.9 Å². The molecule has 0 radical (unpaired) electrons. The smallest absolute Gasteiger partial charge is 0.414 e. The van der Waals surface area contributed by atoms with Crippen molar-refractivity contribution < 1.29 is 27.1 Å². The van der Waals surface area contributed by atoms with Crippen molar-refractivity contribution in [2.24, 2.45) is 11.8 Å². The third kappa shape index (κ3) is 4.32. The second kappa shape index (κ2) is 7.92. The van der Waals surface area contributed by atoms with Crippen LogP contribution in [0, 0.1) is 22.9 Å². The summed E-state index contributed by atoms with van der Waals surface area (Å²) in [7, 11) is -3.22. The van der Waals surface area contributed by atoms with E-state index in [1.807, 2.05) is 4.90 Å². The number of ether oxygens (including phenoxy) is 1. The number of sulfonamides is 1. The van der Waals surface area contributed by atoms with Crippen LogP contribution in [-0.4, -0.2) is 81.4 Å². The van der Waals surface area contributed by atoms with Crippen molar-refractivity contribution in [3.63, 3.8) is 0 Å². The quantitative estimate of drug-likeness (QED) is 0.604. The van der Waals surface area contributed by atoms with Crippen molar-refractivity contribution in [1.29, 1.82) is 0 Å². The lowest BCUT2D eigenvalue weighted by Crippen LogP contribution is -2.34. The van der Waals surface area contributed by atoms with Crippen molar-refractivity contribution >= 4 is 33.4 Å². The highest BCUT2D eigenvalue weighted by Crippen LogP contribution is 2.37. The minimum absolute atomic E-state index is 0.0405. The Kier molecular flexibility index (Phi) is 5.56. The van der Waals surface area contributed by atoms with E-state index in [1.54, 1.807) is 12.1 Å². The molecule has 3 saturated heterocycles. The summed E-state index contributed by atoms with van der Waals surface area (Å²) >= 11 is 0. The summed E-state index contributed by atoms with van der Waals surface area (Å²) in [5.41, 5.74) is 0.701. The molecular weight excluding hydrogens is 431 g/mol. The third-order valence-corrected chi connectivity index (χ3v) is 7.34. The first-order valence-electron chi connectivity index (χ1n) is 9.96. The number of anilines is 2. The number of carbonyl (C=O) groups is 2. The van der Waals surface area contributed by atoms with E-state index in [-0.39, 0.29) is 30.0 Å². The molecule has 3 fully saturated rings. The Balaban J connectivity index is 1.42. The first-order valence-corrected chi connectivity index (χ1v) is 11.8. The van der Waals surface area contributed by atoms with Gasteiger partial charge in [-0.25, -0.2) is 21.9 Å². The van der Waals surface area contributed by atoms with E-state index in [0.29, 0.717) is 37.6 Å². The van der Waals surface area contributed by atoms with Gasteiger partial charge in [-0.2, -0.15) is 0 Å². The Hall–Kier alpha value is -2.44. The van der Waals surface area contributed by atoms with Crippen molar-refractivity contribution in [2.75, 3.05) is 55.3 Å². The molecule has 0 saturated carbocycles. The molecule has 10 nitrogen and oxygen atoms in total. The summed E-state index contributed by atoms with van der Waals surface area (Å²) in [5.74, 6) is -0.873. The van der Waals surface area contributed by atoms with Gasteiger partial charge in [0.2, 0.25) is 15.9 Å². The van der Waals surface area contributed by atoms with E-state index in [0.717, 1.165) is 6.92 Å². The summed E-state index contributed by atoms with van der Waals surface area (Å²) in [5, 5.41) is 11.7. The monoisotopic (exact) mass is 455 g/mol. The van der Waals surface area contributed by atoms with Gasteiger partial charge in [0.15, 0.2) is 0 Å². The zero-order chi connectivity index (χ0) is 22.5. The number of hydrogen-bond acceptors (Lipinski definition) is 7. The maximum Gasteiger partial charge on any atom is 0.414 e. The topological polar surface area (TPSA) is 114 Å². The molecule has 3 heterocycles. The van der Waals surface area contributed by atoms with E-state index >= 15 is 0 Å². The minimum Gasteiger partial charge on any atom is -0.756 e. The van der Waals surface area contributed by atoms with Crippen molar-refractivity contribution in [2.45, 2.75) is 13.0 Å². The lowest BCUT2D eigenvalue weighted by molar-refractivity contribution is -0.127. The molecule has 0 aliphatic carbocycles. The molecule has 0 unspecified atom stereocenters. The van der Waals surface area contributed by atoms with E-state index in [1.165, 1.54) is 21.5 Å². The van der Waals surface area contributed by atoms with Crippen LogP contribution in [0.5, 0.6) is 0 Å². The normalized spacial score (nSPS) is 26.3. The van der Waals surface area contributed by atoms with Gasteiger partial charge in [0.05, 0.1) is 24.2 Å². The highest BCUT2D eigenvalue weighted by Gasteiger charge is 2.43. The fourth-order valence-corrected chi connectivity index (χ4v) is 5.40. The van der Waals surface area contributed by atoms with Gasteiger partial charge in [-0.1, -0.05) is 0 Å². The molecule has 0 aromatic heterocycles. The second-order valence-corrected chi connectivity index (χ2v) is 10.3. The van der Waals surface area contributed by atoms with Gasteiger partial charge < -0.3 is 19.9 Å². The molecule has 0 N–H and O–H groups in total. The summed E-state index contributed by atoms with van der Waals surface area (Å²) in [6.07, 6.45) is -0.287. The summed E-state index contributed by atoms with van der Waals surface area (Å²) in [4.78, 5) is 26.4. The van der Waals surface area contributed by atoms with E-state index in [9.17, 15) is 27.6 Å². The van der Waals surface area contributed by atoms with Crippen LogP contribution in [0.15, 0.2) is 18.2 Å². The maximum absolute atomic E-state index is 14.9. The Bertz CT molecular complexity index is 991. The highest BCUT2D eigenvalue weighted by molar-refractivity contribution is 7.88. The van der Waals surface area contributed by atoms with Crippen LogP contribution in [0.25, 0.3) is 0 Å². The van der Waals surface area contributed by atoms with Crippen LogP contribution in [0.3, 0.4) is 0 Å². The number of hydroxylamine groups is 2. The number of fused-ring (bicyclic) bond motifs is 1. The predicted octanol–water partition coefficient (Wildman–Crippen LogP) is 0.825. The number of carbonyl (C=O) groups excluding carboxylic acids is 2. The lowest BCUT2D eigenvalue weighted by atomic mass is 10.0. The van der Waals surface area contributed by atoms with Gasteiger partial charge in [-0.15, -0.1) is 0 Å². The Morgan fingerprint density at radius 1 is 1.23 bits per heavy atom. The number of rotatable bonds is 5. The highest BCUT2D eigenvalue weighted by atomic mass is 32.2. The van der Waals surface area contributed by atoms with Gasteiger partial charge in [-0.3, -0.25) is 9.69 Å². The van der Waals surface area contributed by atoms with E-state index in [4.69, 9.17) is 4.74 Å². The van der Waals surface area contributed by atoms with Crippen LogP contribution in [0.2, 0.25) is 0 Å². The molecular formula is C19H24FN4O6S-. The fourth-order valence-electron chi connectivity index (χ4n) is 4.48. The molecule has 3 atom stereocenters. The van der Waals surface area contributed by atoms with E-state index < -0.39 is 33.9 Å². The summed E-state index contributed by atoms with van der Waals surface area (Å²) < 4.78 is 45.0. The van der Waals surface area contributed by atoms with Crippen LogP contribution in [0.4, 0.5) is 20.6 Å². The first-order chi connectivity index (χ1) is 14.5. The molecule has 2 amide bonds. The van der Waals surface area contributed by atoms with Crippen LogP contribution in [0.1, 0.15) is 6.92 Å². The average Bonchev–Trinajstić information content (AvgIpc) is 3.34. The number of nitrogens with zero attached hydrogens (tertiary/aromatic N) is 4. The Morgan fingerprint density at radius 2 is 1.87 bits per heavy atom. The van der Waals surface area contributed by atoms with Crippen LogP contribution < -0.4 is 9.80 Å². The number of cyclic esters (lactones) is 1. The molecule has 31 heavy (non-hydrogen) atoms. The molecule has 170 valence electrons. The molecule has 3 aliphatic rings. The number of benzene rings is 1. The summed E-state index contributed by atoms with van der Waals surface area (Å²) in [6, 6.07) is 4.45. The number of halogens is 1. The van der Waals surface area contributed by atoms with E-state index in [2.05, 4.69) is 0 Å². The summed E-state index contributed by atoms with van der Waals surface area (Å²) in [6.45, 7) is 2.89. The number of amides is 2. The zero-order valence-electron chi connectivity index (χ0n) is 17.2. The molecule has 1 aromatic rings. The SMILES string of the molecule is CC(=O)N([O-])C[C@@H]1CN(c2ccc(N3C[C@@H]4CN(S(C)(=O)=O)C[C@@H]4C3)c(F)c2)C(=O)O1. The Labute approximate surface area is 179 Å². The average molecular weight is 455 g/mol. The fraction of sp³-hybridized carbons (Fsp3) is 0.579. The standard InChI is InChI=1S/C19H24FN4O6S/c1-12(25)24(27)11-16-10-23(19(26)30-16)15-3-4-18(17(20)5-15)21-6-13-8-22(31(2,28)29)9-14(13)7-21/h3-5,13-14,16H,6-11H2,1-2H3/q-1/t13-,14+,16-/m0/s1. The van der Waals surface area contributed by atoms with Gasteiger partial charge >= 0.3 is 6.09 Å². The minimum atomic E-state index is -3.22. The molecule has 12 heteroatoms. The number of hydrogen-bond donors (Lipinski definition) is 0. The molecule has 4 rings (SSSR count). The van der Waals surface area contributed by atoms with Crippen molar-refractivity contribution in [3.8, 4) is 0 Å². The predicted molar refractivity (Wildman–Crippen MR) is 110 cm³/mol. The van der Waals surface area contributed by atoms with Crippen LogP contribution in [-0.2, 0) is 19.6 Å². The molecule has 0 bridgehead atoms. The third-order valence-electron chi connectivity index (χ3n) is 6.10. The van der Waals surface area contributed by atoms with Gasteiger partial charge in [0, 0.05) is 39.6 Å². The largest absolute Gasteiger partial charge is 0.756 e. The van der Waals surface area contributed by atoms with Gasteiger partial charge in [-0.05, 0) is 30.0 Å². The first kappa shape index (κ1) is 21.8. The zero-order valence-corrected chi connectivity index (χ0v) is 18.0. The molecule has 0 spiro atoms. The Morgan fingerprint density at radius 3 is 2.42 bits per heavy atom. The second-order valence-electron chi connectivity index (χ2n) is 8.34. The maximum atomic E-state index is 14.9.